The largest absolute Gasteiger partial charge is 0.457 e. The average molecular weight is 475 g/mol. The first-order valence-electron chi connectivity index (χ1n) is 12.4. The highest BCUT2D eigenvalue weighted by molar-refractivity contribution is 5.93. The van der Waals surface area contributed by atoms with E-state index in [2.05, 4.69) is 48.3 Å². The number of rotatable bonds is 5. The zero-order chi connectivity index (χ0) is 23.8. The Hall–Kier alpha value is -3.40. The monoisotopic (exact) mass is 474 g/mol. The van der Waals surface area contributed by atoms with E-state index in [1.807, 2.05) is 6.07 Å². The Balaban J connectivity index is 1.05. The van der Waals surface area contributed by atoms with Gasteiger partial charge in [0.25, 0.3) is 0 Å². The van der Waals surface area contributed by atoms with Crippen molar-refractivity contribution in [1.82, 2.24) is 35.1 Å². The predicted molar refractivity (Wildman–Crippen MR) is 128 cm³/mol. The van der Waals surface area contributed by atoms with Crippen molar-refractivity contribution in [2.75, 3.05) is 37.6 Å². The summed E-state index contributed by atoms with van der Waals surface area (Å²) < 4.78 is 6.77. The fourth-order valence-corrected chi connectivity index (χ4v) is 5.86. The van der Waals surface area contributed by atoms with E-state index >= 15 is 0 Å². The highest BCUT2D eigenvalue weighted by Gasteiger charge is 2.39. The SMILES string of the molecule is Cc1c(CCN2CCC3(CCCN(c4ncc(-n5cnnn5)cn4)C3)CC2)ccc2c1COC2=O. The van der Waals surface area contributed by atoms with E-state index in [4.69, 9.17) is 4.74 Å². The van der Waals surface area contributed by atoms with Crippen molar-refractivity contribution in [3.8, 4) is 5.69 Å². The number of esters is 1. The van der Waals surface area contributed by atoms with Crippen molar-refractivity contribution in [1.29, 1.82) is 0 Å². The van der Waals surface area contributed by atoms with Gasteiger partial charge in [0.15, 0.2) is 0 Å². The Morgan fingerprint density at radius 3 is 2.69 bits per heavy atom. The van der Waals surface area contributed by atoms with Gasteiger partial charge >= 0.3 is 5.97 Å². The molecule has 0 saturated carbocycles. The minimum absolute atomic E-state index is 0.189. The predicted octanol–water partition coefficient (Wildman–Crippen LogP) is 2.36. The number of carbonyl (C=O) groups is 1. The first-order valence-corrected chi connectivity index (χ1v) is 12.4. The maximum atomic E-state index is 11.8. The number of aromatic nitrogens is 6. The number of tetrazole rings is 1. The molecule has 2 saturated heterocycles. The standard InChI is InChI=1S/C25H30N8O2/c1-18-19(3-4-21-22(18)15-35-23(21)34)5-10-31-11-7-25(8-12-31)6-2-9-32(16-25)24-26-13-20(14-27-24)33-17-28-29-30-33/h3-4,13-14,17H,2,5-12,15-16H2,1H3. The van der Waals surface area contributed by atoms with E-state index < -0.39 is 0 Å². The first-order chi connectivity index (χ1) is 17.1. The summed E-state index contributed by atoms with van der Waals surface area (Å²) in [5, 5.41) is 11.2. The van der Waals surface area contributed by atoms with Gasteiger partial charge in [0.1, 0.15) is 18.6 Å². The van der Waals surface area contributed by atoms with Crippen LogP contribution in [0, 0.1) is 12.3 Å². The topological polar surface area (TPSA) is 102 Å². The second-order valence-corrected chi connectivity index (χ2v) is 10.1. The van der Waals surface area contributed by atoms with Gasteiger partial charge in [-0.2, -0.15) is 4.68 Å². The van der Waals surface area contributed by atoms with Crippen LogP contribution in [0.3, 0.4) is 0 Å². The number of likely N-dealkylation sites (tertiary alicyclic amines) is 1. The van der Waals surface area contributed by atoms with Crippen LogP contribution in [-0.4, -0.2) is 73.8 Å². The van der Waals surface area contributed by atoms with Gasteiger partial charge in [-0.15, -0.1) is 5.10 Å². The lowest BCUT2D eigenvalue weighted by molar-refractivity contribution is 0.0535. The number of ether oxygens (including phenoxy) is 1. The molecule has 182 valence electrons. The molecule has 0 radical (unpaired) electrons. The van der Waals surface area contributed by atoms with Gasteiger partial charge in [0, 0.05) is 25.2 Å². The number of hydrogen-bond acceptors (Lipinski definition) is 9. The molecule has 1 spiro atoms. The minimum Gasteiger partial charge on any atom is -0.457 e. The Kier molecular flexibility index (Phi) is 5.68. The van der Waals surface area contributed by atoms with Crippen molar-refractivity contribution >= 4 is 11.9 Å². The highest BCUT2D eigenvalue weighted by Crippen LogP contribution is 2.40. The number of benzene rings is 1. The van der Waals surface area contributed by atoms with Gasteiger partial charge in [-0.1, -0.05) is 6.07 Å². The summed E-state index contributed by atoms with van der Waals surface area (Å²) in [5.74, 6) is 0.601. The summed E-state index contributed by atoms with van der Waals surface area (Å²) in [6.07, 6.45) is 11.0. The Morgan fingerprint density at radius 1 is 1.09 bits per heavy atom. The van der Waals surface area contributed by atoms with Crippen molar-refractivity contribution < 1.29 is 9.53 Å². The summed E-state index contributed by atoms with van der Waals surface area (Å²) in [5.41, 5.74) is 5.46. The third kappa shape index (κ3) is 4.27. The summed E-state index contributed by atoms with van der Waals surface area (Å²) in [7, 11) is 0. The van der Waals surface area contributed by atoms with Gasteiger partial charge in [-0.3, -0.25) is 0 Å². The highest BCUT2D eigenvalue weighted by atomic mass is 16.5. The second-order valence-electron chi connectivity index (χ2n) is 10.1. The summed E-state index contributed by atoms with van der Waals surface area (Å²) >= 11 is 0. The van der Waals surface area contributed by atoms with Crippen LogP contribution in [0.2, 0.25) is 0 Å². The number of anilines is 1. The van der Waals surface area contributed by atoms with Crippen LogP contribution in [0.15, 0.2) is 30.9 Å². The van der Waals surface area contributed by atoms with Gasteiger partial charge in [0.05, 0.1) is 18.0 Å². The van der Waals surface area contributed by atoms with Gasteiger partial charge in [-0.25, -0.2) is 14.8 Å². The molecule has 6 rings (SSSR count). The van der Waals surface area contributed by atoms with Crippen LogP contribution in [0.1, 0.15) is 52.7 Å². The summed E-state index contributed by atoms with van der Waals surface area (Å²) in [6, 6.07) is 4.04. The number of nitrogens with zero attached hydrogens (tertiary/aromatic N) is 8. The lowest BCUT2D eigenvalue weighted by Gasteiger charge is -2.47. The van der Waals surface area contributed by atoms with E-state index in [1.165, 1.54) is 36.8 Å². The molecule has 2 aromatic heterocycles. The quantitative estimate of drug-likeness (QED) is 0.516. The molecule has 1 aromatic carbocycles. The molecule has 35 heavy (non-hydrogen) atoms. The molecule has 10 nitrogen and oxygen atoms in total. The average Bonchev–Trinajstić information content (AvgIpc) is 3.56. The third-order valence-corrected chi connectivity index (χ3v) is 8.07. The molecule has 3 aromatic rings. The summed E-state index contributed by atoms with van der Waals surface area (Å²) in [4.78, 5) is 26.0. The van der Waals surface area contributed by atoms with E-state index in [1.54, 1.807) is 23.4 Å². The Labute approximate surface area is 204 Å². The molecule has 0 N–H and O–H groups in total. The Morgan fingerprint density at radius 2 is 1.91 bits per heavy atom. The molecular weight excluding hydrogens is 444 g/mol. The van der Waals surface area contributed by atoms with Crippen LogP contribution in [-0.2, 0) is 17.8 Å². The van der Waals surface area contributed by atoms with Gasteiger partial charge in [0.2, 0.25) is 5.95 Å². The molecule has 5 heterocycles. The van der Waals surface area contributed by atoms with Gasteiger partial charge < -0.3 is 14.5 Å². The van der Waals surface area contributed by atoms with Crippen LogP contribution in [0.4, 0.5) is 5.95 Å². The van der Waals surface area contributed by atoms with Crippen LogP contribution < -0.4 is 4.90 Å². The zero-order valence-corrected chi connectivity index (χ0v) is 20.1. The molecule has 2 fully saturated rings. The van der Waals surface area contributed by atoms with Crippen molar-refractivity contribution in [3.05, 3.63) is 53.1 Å². The number of hydrogen-bond donors (Lipinski definition) is 0. The van der Waals surface area contributed by atoms with Crippen LogP contribution in [0.25, 0.3) is 5.69 Å². The third-order valence-electron chi connectivity index (χ3n) is 8.07. The maximum absolute atomic E-state index is 11.8. The van der Waals surface area contributed by atoms with E-state index in [9.17, 15) is 4.79 Å². The lowest BCUT2D eigenvalue weighted by Crippen LogP contribution is -2.50. The molecule has 0 unspecified atom stereocenters. The molecule has 0 amide bonds. The smallest absolute Gasteiger partial charge is 0.338 e. The normalized spacial score (nSPS) is 19.7. The number of carbonyl (C=O) groups excluding carboxylic acids is 1. The van der Waals surface area contributed by atoms with E-state index in [0.717, 1.165) is 61.9 Å². The second kappa shape index (κ2) is 8.99. The van der Waals surface area contributed by atoms with Crippen molar-refractivity contribution in [2.24, 2.45) is 5.41 Å². The lowest BCUT2D eigenvalue weighted by atomic mass is 9.72. The first kappa shape index (κ1) is 22.1. The molecule has 3 aliphatic rings. The molecular formula is C25H30N8O2. The molecule has 3 aliphatic heterocycles. The molecule has 0 aliphatic carbocycles. The maximum Gasteiger partial charge on any atom is 0.338 e. The zero-order valence-electron chi connectivity index (χ0n) is 20.1. The van der Waals surface area contributed by atoms with Gasteiger partial charge in [-0.05, 0) is 85.2 Å². The molecule has 0 atom stereocenters. The molecule has 10 heteroatoms. The molecule has 0 bridgehead atoms. The number of cyclic esters (lactones) is 1. The summed E-state index contributed by atoms with van der Waals surface area (Å²) in [6.45, 7) is 7.85. The van der Waals surface area contributed by atoms with Crippen molar-refractivity contribution in [2.45, 2.75) is 45.6 Å². The van der Waals surface area contributed by atoms with Crippen LogP contribution >= 0.6 is 0 Å². The Bertz CT molecular complexity index is 1200. The number of piperidine rings is 2. The fraction of sp³-hybridized carbons (Fsp3) is 0.520. The number of fused-ring (bicyclic) bond motifs is 1. The minimum atomic E-state index is -0.189. The van der Waals surface area contributed by atoms with E-state index in [0.29, 0.717) is 12.0 Å². The van der Waals surface area contributed by atoms with Crippen molar-refractivity contribution in [3.63, 3.8) is 0 Å². The fourth-order valence-electron chi connectivity index (χ4n) is 5.86. The van der Waals surface area contributed by atoms with Crippen LogP contribution in [0.5, 0.6) is 0 Å². The van der Waals surface area contributed by atoms with E-state index in [-0.39, 0.29) is 5.97 Å².